The van der Waals surface area contributed by atoms with Gasteiger partial charge in [0, 0.05) is 41.9 Å². The van der Waals surface area contributed by atoms with E-state index in [0.717, 1.165) is 64.0 Å². The van der Waals surface area contributed by atoms with E-state index in [2.05, 4.69) is 42.4 Å². The summed E-state index contributed by atoms with van der Waals surface area (Å²) in [5.74, 6) is 0.301. The van der Waals surface area contributed by atoms with Gasteiger partial charge in [-0.05, 0) is 43.6 Å². The van der Waals surface area contributed by atoms with Crippen LogP contribution in [0.5, 0.6) is 0 Å². The lowest BCUT2D eigenvalue weighted by Gasteiger charge is -2.24. The summed E-state index contributed by atoms with van der Waals surface area (Å²) in [5, 5.41) is 4.95. The second-order valence-corrected chi connectivity index (χ2v) is 9.56. The molecule has 1 saturated heterocycles. The van der Waals surface area contributed by atoms with Gasteiger partial charge in [0.25, 0.3) is 0 Å². The number of benzene rings is 1. The van der Waals surface area contributed by atoms with Crippen LogP contribution in [0.1, 0.15) is 25.0 Å². The predicted octanol–water partition coefficient (Wildman–Crippen LogP) is 3.78. The first kappa shape index (κ1) is 22.4. The number of para-hydroxylation sites is 1. The molecular weight excluding hydrogens is 450 g/mol. The van der Waals surface area contributed by atoms with E-state index >= 15 is 0 Å². The van der Waals surface area contributed by atoms with Crippen molar-refractivity contribution in [3.63, 3.8) is 0 Å². The van der Waals surface area contributed by atoms with E-state index in [-0.39, 0.29) is 11.9 Å². The fourth-order valence-corrected chi connectivity index (χ4v) is 5.45. The average molecular weight is 480 g/mol. The zero-order valence-corrected chi connectivity index (χ0v) is 20.2. The van der Waals surface area contributed by atoms with Gasteiger partial charge in [0.05, 0.1) is 22.6 Å². The number of rotatable bonds is 5. The quantitative estimate of drug-likeness (QED) is 0.423. The topological polar surface area (TPSA) is 102 Å². The molecule has 3 N–H and O–H groups in total. The number of nitrogens with one attached hydrogen (secondary N) is 1. The van der Waals surface area contributed by atoms with Gasteiger partial charge in [-0.1, -0.05) is 37.3 Å². The van der Waals surface area contributed by atoms with Gasteiger partial charge in [0.1, 0.15) is 17.8 Å². The molecule has 0 spiro atoms. The minimum atomic E-state index is -0.236. The molecule has 8 nitrogen and oxygen atoms in total. The lowest BCUT2D eigenvalue weighted by molar-refractivity contribution is -0.116. The molecule has 0 aliphatic carbocycles. The standard InChI is InChI=1S/C28H29N7O/c1-18-22(33-23(36)10-7-13-34-11-5-2-6-12-34)16-35-26(18)24(25-27(29)31-17-32-28(25)35)20-14-19-8-3-4-9-21(19)30-15-20/h3-4,7-10,14-15,17,22H,1-2,5-6,11-13,16H2,(H,33,36)(H2,29,31,32)/b10-7+/t22-/m1/s1. The number of aromatic nitrogens is 4. The third kappa shape index (κ3) is 3.93. The van der Waals surface area contributed by atoms with Crippen molar-refractivity contribution < 1.29 is 4.79 Å². The molecule has 0 saturated carbocycles. The maximum atomic E-state index is 12.8. The minimum absolute atomic E-state index is 0.115. The van der Waals surface area contributed by atoms with Crippen LogP contribution in [0.25, 0.3) is 38.6 Å². The van der Waals surface area contributed by atoms with Crippen LogP contribution in [-0.4, -0.2) is 56.0 Å². The Morgan fingerprint density at radius 3 is 2.86 bits per heavy atom. The van der Waals surface area contributed by atoms with Gasteiger partial charge >= 0.3 is 0 Å². The monoisotopic (exact) mass is 479 g/mol. The fraction of sp³-hybridized carbons (Fsp3) is 0.286. The van der Waals surface area contributed by atoms with Gasteiger partial charge < -0.3 is 15.6 Å². The number of nitrogens with zero attached hydrogens (tertiary/aromatic N) is 5. The molecule has 2 aliphatic rings. The highest BCUT2D eigenvalue weighted by molar-refractivity contribution is 6.08. The molecule has 182 valence electrons. The van der Waals surface area contributed by atoms with Crippen LogP contribution in [0.4, 0.5) is 5.82 Å². The Labute approximate surface area is 209 Å². The van der Waals surface area contributed by atoms with Crippen molar-refractivity contribution in [2.24, 2.45) is 0 Å². The molecule has 36 heavy (non-hydrogen) atoms. The molecular formula is C28H29N7O. The first-order valence-corrected chi connectivity index (χ1v) is 12.5. The highest BCUT2D eigenvalue weighted by Gasteiger charge is 2.34. The summed E-state index contributed by atoms with van der Waals surface area (Å²) in [4.78, 5) is 28.6. The van der Waals surface area contributed by atoms with Crippen LogP contribution in [-0.2, 0) is 11.3 Å². The highest BCUT2D eigenvalue weighted by Crippen LogP contribution is 2.44. The average Bonchev–Trinajstić information content (AvgIpc) is 3.39. The number of anilines is 1. The van der Waals surface area contributed by atoms with Crippen molar-refractivity contribution in [3.8, 4) is 11.1 Å². The van der Waals surface area contributed by atoms with Crippen molar-refractivity contribution in [1.82, 2.24) is 29.7 Å². The SMILES string of the molecule is C=C1c2c(-c3cnc4ccccc4c3)c3c(N)ncnc3n2C[C@H]1NC(=O)/C=C/CN1CCCCC1. The van der Waals surface area contributed by atoms with E-state index in [1.807, 2.05) is 36.5 Å². The molecule has 1 fully saturated rings. The van der Waals surface area contributed by atoms with Gasteiger partial charge in [0.2, 0.25) is 5.91 Å². The Morgan fingerprint density at radius 2 is 2.00 bits per heavy atom. The van der Waals surface area contributed by atoms with Crippen LogP contribution in [0, 0.1) is 0 Å². The summed E-state index contributed by atoms with van der Waals surface area (Å²) in [6.45, 7) is 7.92. The molecule has 6 rings (SSSR count). The third-order valence-corrected chi connectivity index (χ3v) is 7.24. The van der Waals surface area contributed by atoms with Crippen molar-refractivity contribution >= 4 is 39.2 Å². The number of likely N-dealkylation sites (tertiary alicyclic amines) is 1. The number of carbonyl (C=O) groups excluding carboxylic acids is 1. The van der Waals surface area contributed by atoms with Crippen LogP contribution in [0.3, 0.4) is 0 Å². The third-order valence-electron chi connectivity index (χ3n) is 7.24. The number of fused-ring (bicyclic) bond motifs is 4. The van der Waals surface area contributed by atoms with Gasteiger partial charge in [-0.2, -0.15) is 0 Å². The molecule has 4 aromatic rings. The summed E-state index contributed by atoms with van der Waals surface area (Å²) in [6, 6.07) is 9.87. The smallest absolute Gasteiger partial charge is 0.244 e. The van der Waals surface area contributed by atoms with Crippen LogP contribution >= 0.6 is 0 Å². The van der Waals surface area contributed by atoms with Gasteiger partial charge in [-0.15, -0.1) is 0 Å². The highest BCUT2D eigenvalue weighted by atomic mass is 16.1. The first-order chi connectivity index (χ1) is 17.6. The number of hydrogen-bond acceptors (Lipinski definition) is 6. The fourth-order valence-electron chi connectivity index (χ4n) is 5.45. The predicted molar refractivity (Wildman–Crippen MR) is 143 cm³/mol. The van der Waals surface area contributed by atoms with E-state index in [1.54, 1.807) is 6.08 Å². The van der Waals surface area contributed by atoms with Crippen LogP contribution in [0.2, 0.25) is 0 Å². The van der Waals surface area contributed by atoms with Crippen molar-refractivity contribution in [1.29, 1.82) is 0 Å². The summed E-state index contributed by atoms with van der Waals surface area (Å²) in [6.07, 6.45) is 10.7. The lowest BCUT2D eigenvalue weighted by atomic mass is 9.98. The second kappa shape index (κ2) is 9.20. The summed E-state index contributed by atoms with van der Waals surface area (Å²) in [5.41, 5.74) is 11.6. The zero-order valence-electron chi connectivity index (χ0n) is 20.2. The zero-order chi connectivity index (χ0) is 24.6. The largest absolute Gasteiger partial charge is 0.383 e. The van der Waals surface area contributed by atoms with Crippen molar-refractivity contribution in [2.45, 2.75) is 31.8 Å². The molecule has 0 unspecified atom stereocenters. The maximum Gasteiger partial charge on any atom is 0.244 e. The van der Waals surface area contributed by atoms with Gasteiger partial charge in [0.15, 0.2) is 0 Å². The van der Waals surface area contributed by atoms with E-state index in [0.29, 0.717) is 12.4 Å². The number of pyridine rings is 1. The van der Waals surface area contributed by atoms with E-state index in [1.165, 1.54) is 25.6 Å². The van der Waals surface area contributed by atoms with E-state index in [4.69, 9.17) is 5.73 Å². The minimum Gasteiger partial charge on any atom is -0.383 e. The van der Waals surface area contributed by atoms with E-state index in [9.17, 15) is 4.79 Å². The molecule has 1 atom stereocenters. The molecule has 8 heteroatoms. The number of amides is 1. The number of carbonyl (C=O) groups is 1. The molecule has 2 aliphatic heterocycles. The van der Waals surface area contributed by atoms with Gasteiger partial charge in [-0.3, -0.25) is 14.7 Å². The molecule has 5 heterocycles. The molecule has 0 bridgehead atoms. The van der Waals surface area contributed by atoms with Gasteiger partial charge in [-0.25, -0.2) is 9.97 Å². The number of hydrogen-bond donors (Lipinski definition) is 2. The van der Waals surface area contributed by atoms with Crippen molar-refractivity contribution in [2.75, 3.05) is 25.4 Å². The summed E-state index contributed by atoms with van der Waals surface area (Å²) >= 11 is 0. The molecule has 0 radical (unpaired) electrons. The van der Waals surface area contributed by atoms with Crippen LogP contribution < -0.4 is 11.1 Å². The summed E-state index contributed by atoms with van der Waals surface area (Å²) in [7, 11) is 0. The Morgan fingerprint density at radius 1 is 1.17 bits per heavy atom. The Kier molecular flexibility index (Phi) is 5.73. The summed E-state index contributed by atoms with van der Waals surface area (Å²) < 4.78 is 2.09. The Balaban J connectivity index is 1.31. The normalized spacial score (nSPS) is 18.3. The van der Waals surface area contributed by atoms with E-state index < -0.39 is 0 Å². The molecule has 1 amide bonds. The van der Waals surface area contributed by atoms with Crippen molar-refractivity contribution in [3.05, 3.63) is 67.3 Å². The first-order valence-electron chi connectivity index (χ1n) is 12.5. The Hall–Kier alpha value is -4.04. The number of nitrogens with two attached hydrogens (primary N) is 1. The molecule has 1 aromatic carbocycles. The maximum absolute atomic E-state index is 12.8. The molecule has 3 aromatic heterocycles. The van der Waals surface area contributed by atoms with Crippen LogP contribution in [0.15, 0.2) is 61.6 Å². The Bertz CT molecular complexity index is 1510. The lowest BCUT2D eigenvalue weighted by Crippen LogP contribution is -2.34. The second-order valence-electron chi connectivity index (χ2n) is 9.56. The number of nitrogen functional groups attached to an aromatic ring is 1. The number of piperidine rings is 1.